The highest BCUT2D eigenvalue weighted by Crippen LogP contribution is 2.36. The maximum absolute atomic E-state index is 12.7. The quantitative estimate of drug-likeness (QED) is 0.828. The van der Waals surface area contributed by atoms with Gasteiger partial charge in [-0.3, -0.25) is 9.59 Å². The topological polar surface area (TPSA) is 73.6 Å². The first-order valence-electron chi connectivity index (χ1n) is 8.76. The van der Waals surface area contributed by atoms with Crippen molar-refractivity contribution in [2.45, 2.75) is 25.0 Å². The fraction of sp³-hybridized carbons (Fsp3) is 0.526. The van der Waals surface area contributed by atoms with E-state index in [1.54, 1.807) is 41.1 Å². The number of fused-ring (bicyclic) bond motifs is 1. The van der Waals surface area contributed by atoms with E-state index in [2.05, 4.69) is 6.07 Å². The highest BCUT2D eigenvalue weighted by molar-refractivity contribution is 5.95. The standard InChI is InChI=1S/C19H21N3O3/c1-21-16-10-22(18(23)14-6-4-12(8-20)5-7-14)9-15(16)17(19(21)24)25-11-13-2-3-13/h4-7,13,15-17H,2-3,9-11H2,1H3/t15-,16+,17-/m0/s1. The van der Waals surface area contributed by atoms with Crippen LogP contribution < -0.4 is 0 Å². The number of rotatable bonds is 4. The molecular weight excluding hydrogens is 318 g/mol. The number of hydrogen-bond donors (Lipinski definition) is 0. The molecule has 1 aromatic rings. The van der Waals surface area contributed by atoms with Gasteiger partial charge in [0.05, 0.1) is 24.3 Å². The summed E-state index contributed by atoms with van der Waals surface area (Å²) in [5, 5.41) is 8.87. The fourth-order valence-corrected chi connectivity index (χ4v) is 3.82. The lowest BCUT2D eigenvalue weighted by Gasteiger charge is -2.22. The van der Waals surface area contributed by atoms with Gasteiger partial charge in [-0.25, -0.2) is 0 Å². The van der Waals surface area contributed by atoms with E-state index in [1.807, 2.05) is 0 Å². The van der Waals surface area contributed by atoms with E-state index < -0.39 is 6.10 Å². The molecule has 0 unspecified atom stereocenters. The van der Waals surface area contributed by atoms with Crippen LogP contribution in [0.2, 0.25) is 0 Å². The number of amides is 2. The summed E-state index contributed by atoms with van der Waals surface area (Å²) in [6, 6.07) is 8.76. The number of ether oxygens (including phenoxy) is 1. The van der Waals surface area contributed by atoms with E-state index in [1.165, 1.54) is 12.8 Å². The van der Waals surface area contributed by atoms with Gasteiger partial charge in [-0.15, -0.1) is 0 Å². The summed E-state index contributed by atoms with van der Waals surface area (Å²) in [5.41, 5.74) is 1.11. The first-order chi connectivity index (χ1) is 12.1. The molecule has 0 aromatic heterocycles. The molecule has 6 heteroatoms. The van der Waals surface area contributed by atoms with Gasteiger partial charge < -0.3 is 14.5 Å². The van der Waals surface area contributed by atoms with E-state index in [4.69, 9.17) is 10.00 Å². The Morgan fingerprint density at radius 1 is 1.28 bits per heavy atom. The molecule has 0 spiro atoms. The minimum atomic E-state index is -0.422. The Labute approximate surface area is 147 Å². The highest BCUT2D eigenvalue weighted by atomic mass is 16.5. The second-order valence-electron chi connectivity index (χ2n) is 7.28. The smallest absolute Gasteiger partial charge is 0.253 e. The van der Waals surface area contributed by atoms with Crippen LogP contribution in [0.3, 0.4) is 0 Å². The summed E-state index contributed by atoms with van der Waals surface area (Å²) < 4.78 is 5.92. The Bertz CT molecular complexity index is 735. The van der Waals surface area contributed by atoms with Gasteiger partial charge in [-0.05, 0) is 43.0 Å². The summed E-state index contributed by atoms with van der Waals surface area (Å²) >= 11 is 0. The van der Waals surface area contributed by atoms with Gasteiger partial charge in [-0.2, -0.15) is 5.26 Å². The monoisotopic (exact) mass is 339 g/mol. The van der Waals surface area contributed by atoms with Crippen LogP contribution in [0.1, 0.15) is 28.8 Å². The number of likely N-dealkylation sites (tertiary alicyclic amines) is 2. The maximum atomic E-state index is 12.7. The first-order valence-corrected chi connectivity index (χ1v) is 8.76. The lowest BCUT2D eigenvalue weighted by atomic mass is 10.0. The zero-order valence-corrected chi connectivity index (χ0v) is 14.2. The minimum Gasteiger partial charge on any atom is -0.368 e. The van der Waals surface area contributed by atoms with Gasteiger partial charge in [0.25, 0.3) is 11.8 Å². The molecule has 2 amide bonds. The van der Waals surface area contributed by atoms with Crippen molar-refractivity contribution in [3.63, 3.8) is 0 Å². The normalized spacial score (nSPS) is 28.2. The van der Waals surface area contributed by atoms with Crippen molar-refractivity contribution in [2.75, 3.05) is 26.7 Å². The summed E-state index contributed by atoms with van der Waals surface area (Å²) in [6.45, 7) is 1.72. The molecule has 130 valence electrons. The molecule has 3 aliphatic rings. The van der Waals surface area contributed by atoms with Crippen molar-refractivity contribution in [1.29, 1.82) is 5.26 Å². The lowest BCUT2D eigenvalue weighted by molar-refractivity contribution is -0.138. The Balaban J connectivity index is 1.46. The summed E-state index contributed by atoms with van der Waals surface area (Å²) in [4.78, 5) is 28.7. The molecule has 2 saturated heterocycles. The van der Waals surface area contributed by atoms with Crippen LogP contribution in [0.4, 0.5) is 0 Å². The second-order valence-corrected chi connectivity index (χ2v) is 7.28. The van der Waals surface area contributed by atoms with Gasteiger partial charge in [0.2, 0.25) is 0 Å². The van der Waals surface area contributed by atoms with Gasteiger partial charge >= 0.3 is 0 Å². The molecule has 1 saturated carbocycles. The molecule has 4 rings (SSSR count). The van der Waals surface area contributed by atoms with E-state index in [-0.39, 0.29) is 23.8 Å². The number of hydrogen-bond acceptors (Lipinski definition) is 4. The average molecular weight is 339 g/mol. The van der Waals surface area contributed by atoms with Gasteiger partial charge in [0, 0.05) is 31.6 Å². The average Bonchev–Trinajstić information content (AvgIpc) is 3.32. The van der Waals surface area contributed by atoms with Crippen molar-refractivity contribution in [2.24, 2.45) is 11.8 Å². The Morgan fingerprint density at radius 2 is 2.00 bits per heavy atom. The number of nitriles is 1. The van der Waals surface area contributed by atoms with Crippen LogP contribution in [-0.2, 0) is 9.53 Å². The van der Waals surface area contributed by atoms with Crippen LogP contribution in [0, 0.1) is 23.2 Å². The van der Waals surface area contributed by atoms with E-state index in [0.29, 0.717) is 36.7 Å². The predicted octanol–water partition coefficient (Wildman–Crippen LogP) is 1.27. The molecule has 0 radical (unpaired) electrons. The van der Waals surface area contributed by atoms with E-state index in [9.17, 15) is 9.59 Å². The molecule has 0 N–H and O–H groups in total. The molecule has 25 heavy (non-hydrogen) atoms. The lowest BCUT2D eigenvalue weighted by Crippen LogP contribution is -2.39. The van der Waals surface area contributed by atoms with Crippen molar-refractivity contribution >= 4 is 11.8 Å². The second kappa shape index (κ2) is 6.16. The Morgan fingerprint density at radius 3 is 2.64 bits per heavy atom. The molecule has 3 fully saturated rings. The number of carbonyl (C=O) groups is 2. The highest BCUT2D eigenvalue weighted by Gasteiger charge is 2.53. The summed E-state index contributed by atoms with van der Waals surface area (Å²) in [6.07, 6.45) is 1.96. The molecule has 2 heterocycles. The van der Waals surface area contributed by atoms with Crippen molar-refractivity contribution in [3.05, 3.63) is 35.4 Å². The Hall–Kier alpha value is -2.39. The first kappa shape index (κ1) is 16.1. The third kappa shape index (κ3) is 2.89. The molecule has 1 aromatic carbocycles. The van der Waals surface area contributed by atoms with Crippen molar-refractivity contribution in [1.82, 2.24) is 9.80 Å². The van der Waals surface area contributed by atoms with Crippen molar-refractivity contribution in [3.8, 4) is 6.07 Å². The minimum absolute atomic E-state index is 0.0269. The van der Waals surface area contributed by atoms with Gasteiger partial charge in [0.1, 0.15) is 6.10 Å². The number of nitrogens with zero attached hydrogens (tertiary/aromatic N) is 3. The molecular formula is C19H21N3O3. The number of likely N-dealkylation sites (N-methyl/N-ethyl adjacent to an activating group) is 1. The summed E-state index contributed by atoms with van der Waals surface area (Å²) in [5.74, 6) is 0.635. The van der Waals surface area contributed by atoms with Gasteiger partial charge in [0.15, 0.2) is 0 Å². The SMILES string of the molecule is CN1C(=O)[C@@H](OCC2CC2)[C@H]2CN(C(=O)c3ccc(C#N)cc3)C[C@H]21. The van der Waals surface area contributed by atoms with Crippen LogP contribution in [-0.4, -0.2) is 60.5 Å². The molecule has 2 aliphatic heterocycles. The third-order valence-electron chi connectivity index (χ3n) is 5.57. The zero-order chi connectivity index (χ0) is 17.6. The predicted molar refractivity (Wildman–Crippen MR) is 89.6 cm³/mol. The van der Waals surface area contributed by atoms with E-state index in [0.717, 1.165) is 0 Å². The molecule has 1 aliphatic carbocycles. The third-order valence-corrected chi connectivity index (χ3v) is 5.57. The zero-order valence-electron chi connectivity index (χ0n) is 14.2. The molecule has 0 bridgehead atoms. The largest absolute Gasteiger partial charge is 0.368 e. The van der Waals surface area contributed by atoms with E-state index >= 15 is 0 Å². The van der Waals surface area contributed by atoms with Gasteiger partial charge in [-0.1, -0.05) is 0 Å². The summed E-state index contributed by atoms with van der Waals surface area (Å²) in [7, 11) is 1.80. The van der Waals surface area contributed by atoms with Crippen molar-refractivity contribution < 1.29 is 14.3 Å². The maximum Gasteiger partial charge on any atom is 0.253 e. The fourth-order valence-electron chi connectivity index (χ4n) is 3.82. The number of benzene rings is 1. The molecule has 3 atom stereocenters. The Kier molecular flexibility index (Phi) is 3.97. The molecule has 6 nitrogen and oxygen atoms in total. The van der Waals surface area contributed by atoms with Crippen LogP contribution in [0.25, 0.3) is 0 Å². The van der Waals surface area contributed by atoms with Crippen LogP contribution in [0.5, 0.6) is 0 Å². The number of carbonyl (C=O) groups excluding carboxylic acids is 2. The van der Waals surface area contributed by atoms with Crippen LogP contribution >= 0.6 is 0 Å². The van der Waals surface area contributed by atoms with Crippen LogP contribution in [0.15, 0.2) is 24.3 Å².